The van der Waals surface area contributed by atoms with Crippen LogP contribution in [0.4, 0.5) is 0 Å². The van der Waals surface area contributed by atoms with Gasteiger partial charge in [-0.25, -0.2) is 0 Å². The summed E-state index contributed by atoms with van der Waals surface area (Å²) >= 11 is 0. The quantitative estimate of drug-likeness (QED) is 0.626. The summed E-state index contributed by atoms with van der Waals surface area (Å²) in [6.07, 6.45) is 2.01. The van der Waals surface area contributed by atoms with Gasteiger partial charge in [-0.1, -0.05) is 27.7 Å². The van der Waals surface area contributed by atoms with Crippen molar-refractivity contribution in [3.05, 3.63) is 23.2 Å². The van der Waals surface area contributed by atoms with Crippen LogP contribution in [-0.4, -0.2) is 36.7 Å². The van der Waals surface area contributed by atoms with E-state index in [0.29, 0.717) is 30.4 Å². The van der Waals surface area contributed by atoms with Gasteiger partial charge < -0.3 is 13.9 Å². The third-order valence-electron chi connectivity index (χ3n) is 5.59. The van der Waals surface area contributed by atoms with Crippen molar-refractivity contribution < 1.29 is 23.5 Å². The average molecular weight is 367 g/mol. The molecule has 1 aliphatic rings. The van der Waals surface area contributed by atoms with Gasteiger partial charge in [0.1, 0.15) is 11.9 Å². The lowest BCUT2D eigenvalue weighted by atomic mass is 9.79. The predicted octanol–water partition coefficient (Wildman–Crippen LogP) is 4.14. The molecule has 1 N–H and O–H groups in total. The number of furan rings is 1. The van der Waals surface area contributed by atoms with Gasteiger partial charge in [-0.3, -0.25) is 9.59 Å². The van der Waals surface area contributed by atoms with Crippen molar-refractivity contribution in [1.82, 2.24) is 0 Å². The Morgan fingerprint density at radius 3 is 2.56 bits per heavy atom. The zero-order valence-corrected chi connectivity index (χ0v) is 17.4. The molecular formula is C19H30O5Si. The van der Waals surface area contributed by atoms with Crippen LogP contribution in [0.3, 0.4) is 0 Å². The third-order valence-corrected chi connectivity index (χ3v) is 10.1. The van der Waals surface area contributed by atoms with Crippen molar-refractivity contribution in [2.75, 3.05) is 0 Å². The van der Waals surface area contributed by atoms with Gasteiger partial charge in [0.15, 0.2) is 25.6 Å². The van der Waals surface area contributed by atoms with Gasteiger partial charge in [0.25, 0.3) is 0 Å². The number of carbonyl (C=O) groups excluding carboxylic acids is 2. The Morgan fingerprint density at radius 2 is 2.04 bits per heavy atom. The van der Waals surface area contributed by atoms with Gasteiger partial charge in [0, 0.05) is 18.4 Å². The summed E-state index contributed by atoms with van der Waals surface area (Å²) in [4.78, 5) is 25.1. The summed E-state index contributed by atoms with van der Waals surface area (Å²) in [5, 5.41) is 10.8. The first-order chi connectivity index (χ1) is 11.3. The molecule has 2 rings (SSSR count). The summed E-state index contributed by atoms with van der Waals surface area (Å²) in [5.74, 6) is -0.301. The van der Waals surface area contributed by atoms with E-state index in [9.17, 15) is 14.7 Å². The van der Waals surface area contributed by atoms with Crippen LogP contribution in [0.1, 0.15) is 73.9 Å². The van der Waals surface area contributed by atoms with E-state index < -0.39 is 25.8 Å². The van der Waals surface area contributed by atoms with Crippen LogP contribution in [0.25, 0.3) is 0 Å². The number of rotatable bonds is 5. The van der Waals surface area contributed by atoms with Crippen LogP contribution in [-0.2, 0) is 10.8 Å². The Bertz CT molecular complexity index is 678. The number of ketones is 2. The first-order valence-corrected chi connectivity index (χ1v) is 11.8. The molecule has 5 nitrogen and oxygen atoms in total. The minimum Gasteiger partial charge on any atom is -0.460 e. The summed E-state index contributed by atoms with van der Waals surface area (Å²) < 4.78 is 11.8. The van der Waals surface area contributed by atoms with Crippen molar-refractivity contribution in [2.45, 2.75) is 83.7 Å². The van der Waals surface area contributed by atoms with Crippen molar-refractivity contribution in [3.63, 3.8) is 0 Å². The standard InChI is InChI=1S/C19H30O5Si/c1-8-9-14(20)16-12-10-15(24-25(6,7)18(2,3)4)19(5,22)17(21)13(12)11-23-16/h11,15,22H,8-10H2,1-7H3/t15-,19+/m1/s1. The molecule has 1 aromatic heterocycles. The van der Waals surface area contributed by atoms with Crippen LogP contribution in [0.15, 0.2) is 10.7 Å². The van der Waals surface area contributed by atoms with E-state index in [2.05, 4.69) is 33.9 Å². The predicted molar refractivity (Wildman–Crippen MR) is 98.7 cm³/mol. The van der Waals surface area contributed by atoms with Crippen LogP contribution in [0.2, 0.25) is 18.1 Å². The molecule has 1 aliphatic carbocycles. The lowest BCUT2D eigenvalue weighted by molar-refractivity contribution is -0.0367. The lowest BCUT2D eigenvalue weighted by Crippen LogP contribution is -2.57. The summed E-state index contributed by atoms with van der Waals surface area (Å²) in [7, 11) is -2.20. The molecule has 25 heavy (non-hydrogen) atoms. The minimum atomic E-state index is -2.20. The van der Waals surface area contributed by atoms with Crippen molar-refractivity contribution in [2.24, 2.45) is 0 Å². The molecule has 1 heterocycles. The largest absolute Gasteiger partial charge is 0.460 e. The first-order valence-electron chi connectivity index (χ1n) is 8.91. The van der Waals surface area contributed by atoms with E-state index in [0.717, 1.165) is 0 Å². The molecule has 0 fully saturated rings. The molecule has 1 aromatic rings. The molecule has 0 aromatic carbocycles. The Hall–Kier alpha value is -1.24. The maximum Gasteiger partial charge on any atom is 0.200 e. The Labute approximate surface area is 150 Å². The highest BCUT2D eigenvalue weighted by molar-refractivity contribution is 6.74. The zero-order valence-electron chi connectivity index (χ0n) is 16.4. The molecule has 0 saturated carbocycles. The van der Waals surface area contributed by atoms with Gasteiger partial charge >= 0.3 is 0 Å². The van der Waals surface area contributed by atoms with Gasteiger partial charge in [-0.05, 0) is 31.5 Å². The molecule has 0 aliphatic heterocycles. The van der Waals surface area contributed by atoms with E-state index in [1.54, 1.807) is 0 Å². The van der Waals surface area contributed by atoms with Crippen LogP contribution >= 0.6 is 0 Å². The first kappa shape index (κ1) is 20.1. The number of Topliss-reactive ketones (excluding diaryl/α,β-unsaturated/α-hetero) is 2. The number of aliphatic hydroxyl groups is 1. The molecule has 0 bridgehead atoms. The second kappa shape index (κ2) is 6.48. The van der Waals surface area contributed by atoms with Gasteiger partial charge in [-0.2, -0.15) is 0 Å². The normalized spacial score (nSPS) is 24.3. The average Bonchev–Trinajstić information content (AvgIpc) is 2.87. The molecule has 0 radical (unpaired) electrons. The second-order valence-electron chi connectivity index (χ2n) is 8.68. The topological polar surface area (TPSA) is 76.7 Å². The number of hydrogen-bond donors (Lipinski definition) is 1. The molecule has 140 valence electrons. The second-order valence-corrected chi connectivity index (χ2v) is 13.4. The van der Waals surface area contributed by atoms with Gasteiger partial charge in [0.05, 0.1) is 11.7 Å². The van der Waals surface area contributed by atoms with Crippen molar-refractivity contribution in [3.8, 4) is 0 Å². The number of carbonyl (C=O) groups is 2. The zero-order chi connectivity index (χ0) is 19.2. The molecule has 6 heteroatoms. The van der Waals surface area contributed by atoms with Crippen LogP contribution < -0.4 is 0 Å². The third kappa shape index (κ3) is 3.52. The Balaban J connectivity index is 2.42. The monoisotopic (exact) mass is 366 g/mol. The van der Waals surface area contributed by atoms with Gasteiger partial charge in [0.2, 0.25) is 0 Å². The van der Waals surface area contributed by atoms with E-state index in [4.69, 9.17) is 8.84 Å². The highest BCUT2D eigenvalue weighted by atomic mass is 28.4. The van der Waals surface area contributed by atoms with E-state index >= 15 is 0 Å². The molecule has 0 spiro atoms. The van der Waals surface area contributed by atoms with Crippen molar-refractivity contribution >= 4 is 19.9 Å². The number of fused-ring (bicyclic) bond motifs is 1. The smallest absolute Gasteiger partial charge is 0.200 e. The highest BCUT2D eigenvalue weighted by Gasteiger charge is 2.51. The summed E-state index contributed by atoms with van der Waals surface area (Å²) in [6, 6.07) is 0. The van der Waals surface area contributed by atoms with E-state index in [1.807, 2.05) is 6.92 Å². The molecule has 2 atom stereocenters. The SMILES string of the molecule is CCCC(=O)c1occ2c1C[C@@H](O[Si](C)(C)C(C)(C)C)[C@](C)(O)C2=O. The fourth-order valence-electron chi connectivity index (χ4n) is 2.84. The Kier molecular flexibility index (Phi) is 5.21. The van der Waals surface area contributed by atoms with Gasteiger partial charge in [-0.15, -0.1) is 0 Å². The minimum absolute atomic E-state index is 0.0519. The Morgan fingerprint density at radius 1 is 1.44 bits per heavy atom. The fourth-order valence-corrected chi connectivity index (χ4v) is 4.22. The molecule has 0 amide bonds. The fraction of sp³-hybridized carbons (Fsp3) is 0.684. The van der Waals surface area contributed by atoms with E-state index in [1.165, 1.54) is 13.2 Å². The summed E-state index contributed by atoms with van der Waals surface area (Å²) in [5.41, 5.74) is -0.740. The van der Waals surface area contributed by atoms with Crippen molar-refractivity contribution in [1.29, 1.82) is 0 Å². The molecule has 0 saturated heterocycles. The lowest BCUT2D eigenvalue weighted by Gasteiger charge is -2.44. The molecule has 0 unspecified atom stereocenters. The van der Waals surface area contributed by atoms with E-state index in [-0.39, 0.29) is 16.6 Å². The number of hydrogen-bond acceptors (Lipinski definition) is 5. The summed E-state index contributed by atoms with van der Waals surface area (Å²) in [6.45, 7) is 13.9. The molecular weight excluding hydrogens is 336 g/mol. The van der Waals surface area contributed by atoms with Crippen LogP contribution in [0.5, 0.6) is 0 Å². The maximum absolute atomic E-state index is 12.8. The highest BCUT2D eigenvalue weighted by Crippen LogP contribution is 2.41. The van der Waals surface area contributed by atoms with Crippen LogP contribution in [0, 0.1) is 0 Å². The maximum atomic E-state index is 12.8.